The highest BCUT2D eigenvalue weighted by Gasteiger charge is 2.18. The molecule has 0 bridgehead atoms. The Morgan fingerprint density at radius 1 is 0.676 bits per heavy atom. The van der Waals surface area contributed by atoms with Crippen LogP contribution in [0.25, 0.3) is 0 Å². The molecule has 0 spiro atoms. The van der Waals surface area contributed by atoms with Crippen LogP contribution in [0, 0.1) is 0 Å². The Labute approximate surface area is 221 Å². The Hall–Kier alpha value is -2.10. The first-order valence-electron chi connectivity index (χ1n) is 12.3. The van der Waals surface area contributed by atoms with Gasteiger partial charge < -0.3 is 13.8 Å². The molecule has 37 heavy (non-hydrogen) atoms. The monoisotopic (exact) mass is 562 g/mol. The van der Waals surface area contributed by atoms with Crippen molar-refractivity contribution in [3.63, 3.8) is 0 Å². The normalized spacial score (nSPS) is 11.1. The van der Waals surface area contributed by atoms with Gasteiger partial charge in [-0.05, 0) is 36.6 Å². The smallest absolute Gasteiger partial charge is 0.148 e. The number of para-hydroxylation sites is 2. The number of rotatable bonds is 15. The first-order chi connectivity index (χ1) is 17.6. The summed E-state index contributed by atoms with van der Waals surface area (Å²) >= 11 is 0. The maximum atomic E-state index is 11.8. The Morgan fingerprint density at radius 2 is 1.14 bits per heavy atom. The minimum absolute atomic E-state index is 0.223. The van der Waals surface area contributed by atoms with Gasteiger partial charge in [-0.3, -0.25) is 11.7 Å². The van der Waals surface area contributed by atoms with Crippen LogP contribution in [0.5, 0.6) is 11.5 Å². The van der Waals surface area contributed by atoms with E-state index in [2.05, 4.69) is 30.3 Å². The molecule has 2 aromatic rings. The van der Waals surface area contributed by atoms with Crippen LogP contribution in [-0.2, 0) is 26.7 Å². The van der Waals surface area contributed by atoms with Gasteiger partial charge in [-0.1, -0.05) is 89.0 Å². The SMILES string of the molecule is CCCCCCCCCCCCc1cccc(S(=O)(=O)[O-])c1Oc1ccccc1S(=O)(=O)[O-].N[NH3+].N[NH3+]. The van der Waals surface area contributed by atoms with Crippen molar-refractivity contribution in [2.75, 3.05) is 0 Å². The molecule has 0 radical (unpaired) electrons. The van der Waals surface area contributed by atoms with Gasteiger partial charge >= 0.3 is 0 Å². The maximum absolute atomic E-state index is 11.8. The van der Waals surface area contributed by atoms with E-state index in [-0.39, 0.29) is 11.5 Å². The van der Waals surface area contributed by atoms with Crippen molar-refractivity contribution in [2.24, 2.45) is 11.7 Å². The summed E-state index contributed by atoms with van der Waals surface area (Å²) in [5.74, 6) is 13.5. The number of aryl methyl sites for hydroxylation is 1. The minimum Gasteiger partial charge on any atom is -0.744 e. The van der Waals surface area contributed by atoms with Crippen molar-refractivity contribution in [1.82, 2.24) is 0 Å². The van der Waals surface area contributed by atoms with Crippen molar-refractivity contribution in [3.05, 3.63) is 48.0 Å². The van der Waals surface area contributed by atoms with Crippen LogP contribution in [0.15, 0.2) is 52.3 Å². The van der Waals surface area contributed by atoms with Crippen LogP contribution in [0.3, 0.4) is 0 Å². The topological polar surface area (TPSA) is 231 Å². The van der Waals surface area contributed by atoms with Crippen LogP contribution in [0.2, 0.25) is 0 Å². The molecule has 212 valence electrons. The predicted molar refractivity (Wildman–Crippen MR) is 139 cm³/mol. The molecule has 0 aliphatic carbocycles. The fourth-order valence-corrected chi connectivity index (χ4v) is 4.97. The average Bonchev–Trinajstić information content (AvgIpc) is 2.87. The van der Waals surface area contributed by atoms with Gasteiger partial charge in [0.05, 0.1) is 9.79 Å². The van der Waals surface area contributed by atoms with Gasteiger partial charge in [0.2, 0.25) is 0 Å². The number of unbranched alkanes of at least 4 members (excludes halogenated alkanes) is 9. The Kier molecular flexibility index (Phi) is 18.0. The lowest BCUT2D eigenvalue weighted by Crippen LogP contribution is -2.59. The van der Waals surface area contributed by atoms with Gasteiger partial charge in [-0.2, -0.15) is 11.7 Å². The van der Waals surface area contributed by atoms with Crippen LogP contribution >= 0.6 is 0 Å². The number of hydrogen-bond donors (Lipinski definition) is 4. The van der Waals surface area contributed by atoms with E-state index in [9.17, 15) is 25.9 Å². The van der Waals surface area contributed by atoms with Gasteiger partial charge in [0.15, 0.2) is 0 Å². The van der Waals surface area contributed by atoms with Crippen molar-refractivity contribution in [1.29, 1.82) is 0 Å². The first kappa shape index (κ1) is 34.9. The van der Waals surface area contributed by atoms with Gasteiger partial charge in [0, 0.05) is 0 Å². The van der Waals surface area contributed by atoms with Crippen molar-refractivity contribution < 1.29 is 42.4 Å². The summed E-state index contributed by atoms with van der Waals surface area (Å²) < 4.78 is 75.7. The molecule has 13 heteroatoms. The molecular formula is C24H42N4O7S2. The van der Waals surface area contributed by atoms with Crippen LogP contribution < -0.4 is 28.1 Å². The van der Waals surface area contributed by atoms with Crippen LogP contribution in [-0.4, -0.2) is 25.9 Å². The second-order valence-corrected chi connectivity index (χ2v) is 10.8. The zero-order valence-corrected chi connectivity index (χ0v) is 23.2. The molecule has 0 aromatic heterocycles. The van der Waals surface area contributed by atoms with E-state index < -0.39 is 30.0 Å². The summed E-state index contributed by atoms with van der Waals surface area (Å²) in [4.78, 5) is -1.20. The zero-order chi connectivity index (χ0) is 28.3. The number of benzene rings is 2. The fraction of sp³-hybridized carbons (Fsp3) is 0.500. The number of nitrogens with two attached hydrogens (primary N) is 2. The number of hydrogen-bond acceptors (Lipinski definition) is 9. The molecule has 0 aliphatic rings. The summed E-state index contributed by atoms with van der Waals surface area (Å²) in [6.07, 6.45) is 11.9. The standard InChI is InChI=1S/C24H34O7S2.2H4N2/c1-2-3-4-5-6-7-8-9-10-11-15-20-16-14-19-23(33(28,29)30)24(20)31-21-17-12-13-18-22(21)32(25,26)27;2*1-2/h12-14,16-19H,2-11,15H2,1H3,(H,25,26,27)(H,28,29,30);2*1-2H2. The fourth-order valence-electron chi connectivity index (χ4n) is 3.72. The van der Waals surface area contributed by atoms with Gasteiger partial charge in [-0.25, -0.2) is 16.8 Å². The lowest BCUT2D eigenvalue weighted by molar-refractivity contribution is -0.379. The van der Waals surface area contributed by atoms with E-state index in [0.29, 0.717) is 12.0 Å². The van der Waals surface area contributed by atoms with E-state index in [1.165, 1.54) is 62.8 Å². The molecular weight excluding hydrogens is 520 g/mol. The van der Waals surface area contributed by atoms with Crippen LogP contribution in [0.1, 0.15) is 76.7 Å². The summed E-state index contributed by atoms with van der Waals surface area (Å²) in [6, 6.07) is 9.37. The Balaban J connectivity index is 0.00000308. The third kappa shape index (κ3) is 13.3. The van der Waals surface area contributed by atoms with Crippen molar-refractivity contribution in [3.8, 4) is 11.5 Å². The molecule has 0 atom stereocenters. The largest absolute Gasteiger partial charge is 0.744 e. The van der Waals surface area contributed by atoms with Gasteiger partial charge in [0.25, 0.3) is 0 Å². The first-order valence-corrected chi connectivity index (χ1v) is 15.1. The lowest BCUT2D eigenvalue weighted by atomic mass is 10.0. The average molecular weight is 563 g/mol. The van der Waals surface area contributed by atoms with E-state index in [4.69, 9.17) is 4.74 Å². The Bertz CT molecular complexity index is 1110. The molecule has 0 amide bonds. The molecule has 2 rings (SSSR count). The minimum atomic E-state index is -4.88. The maximum Gasteiger partial charge on any atom is 0.148 e. The van der Waals surface area contributed by atoms with E-state index in [1.807, 2.05) is 0 Å². The molecule has 0 unspecified atom stereocenters. The lowest BCUT2D eigenvalue weighted by Gasteiger charge is -2.20. The van der Waals surface area contributed by atoms with Crippen molar-refractivity contribution >= 4 is 20.2 Å². The predicted octanol–water partition coefficient (Wildman–Crippen LogP) is 1.95. The third-order valence-corrected chi connectivity index (χ3v) is 7.20. The summed E-state index contributed by atoms with van der Waals surface area (Å²) in [5.41, 5.74) is 0.476. The molecule has 0 saturated carbocycles. The molecule has 0 fully saturated rings. The number of quaternary nitrogens is 2. The summed E-state index contributed by atoms with van der Waals surface area (Å²) in [5, 5.41) is 0. The quantitative estimate of drug-likeness (QED) is 0.107. The third-order valence-electron chi connectivity index (χ3n) is 5.46. The van der Waals surface area contributed by atoms with E-state index in [0.717, 1.165) is 37.8 Å². The molecule has 0 heterocycles. The Morgan fingerprint density at radius 3 is 1.65 bits per heavy atom. The zero-order valence-electron chi connectivity index (χ0n) is 21.6. The van der Waals surface area contributed by atoms with E-state index >= 15 is 0 Å². The molecule has 0 saturated heterocycles. The highest BCUT2D eigenvalue weighted by atomic mass is 32.2. The highest BCUT2D eigenvalue weighted by Crippen LogP contribution is 2.36. The molecule has 11 nitrogen and oxygen atoms in total. The molecule has 2 aromatic carbocycles. The summed E-state index contributed by atoms with van der Waals surface area (Å²) in [7, 11) is -9.73. The van der Waals surface area contributed by atoms with Gasteiger partial charge in [-0.15, -0.1) is 0 Å². The second kappa shape index (κ2) is 19.0. The molecule has 10 N–H and O–H groups in total. The van der Waals surface area contributed by atoms with Gasteiger partial charge in [0.1, 0.15) is 31.7 Å². The number of ether oxygens (including phenoxy) is 1. The summed E-state index contributed by atoms with van der Waals surface area (Å²) in [6.45, 7) is 2.20. The van der Waals surface area contributed by atoms with Crippen molar-refractivity contribution in [2.45, 2.75) is 87.3 Å². The van der Waals surface area contributed by atoms with E-state index in [1.54, 1.807) is 6.07 Å². The molecule has 0 aliphatic heterocycles. The van der Waals surface area contributed by atoms with Crippen LogP contribution in [0.4, 0.5) is 0 Å². The second-order valence-electron chi connectivity index (χ2n) is 8.13. The highest BCUT2D eigenvalue weighted by molar-refractivity contribution is 7.86.